The van der Waals surface area contributed by atoms with Crippen molar-refractivity contribution in [2.24, 2.45) is 5.10 Å². The zero-order valence-corrected chi connectivity index (χ0v) is 8.61. The molecule has 1 heterocycles. The topological polar surface area (TPSA) is 59.0 Å². The van der Waals surface area contributed by atoms with Gasteiger partial charge in [-0.25, -0.2) is 9.80 Å². The predicted octanol–water partition coefficient (Wildman–Crippen LogP) is 0.546. The Kier molecular flexibility index (Phi) is 3.22. The van der Waals surface area contributed by atoms with Crippen LogP contribution in [0.3, 0.4) is 0 Å². The second-order valence-electron chi connectivity index (χ2n) is 3.29. The predicted molar refractivity (Wildman–Crippen MR) is 50.7 cm³/mol. The standard InChI is InChI=1S/C9H14N2O3/c1-4-11-8(12)5-7(10-11)9(13)14-6(2)3/h6H,4-5H2,1-3H3. The van der Waals surface area contributed by atoms with Gasteiger partial charge in [-0.3, -0.25) is 4.79 Å². The Morgan fingerprint density at radius 2 is 2.29 bits per heavy atom. The molecule has 0 saturated heterocycles. The number of esters is 1. The van der Waals surface area contributed by atoms with Crippen LogP contribution in [0.15, 0.2) is 5.10 Å². The Morgan fingerprint density at radius 3 is 2.71 bits per heavy atom. The summed E-state index contributed by atoms with van der Waals surface area (Å²) in [4.78, 5) is 22.5. The lowest BCUT2D eigenvalue weighted by Crippen LogP contribution is -2.21. The number of hydrazone groups is 1. The number of carbonyl (C=O) groups is 2. The van der Waals surface area contributed by atoms with Gasteiger partial charge >= 0.3 is 5.97 Å². The van der Waals surface area contributed by atoms with Crippen molar-refractivity contribution in [3.63, 3.8) is 0 Å². The van der Waals surface area contributed by atoms with Crippen molar-refractivity contribution in [3.8, 4) is 0 Å². The van der Waals surface area contributed by atoms with Gasteiger partial charge in [0.05, 0.1) is 12.5 Å². The molecule has 1 amide bonds. The van der Waals surface area contributed by atoms with Gasteiger partial charge in [-0.1, -0.05) is 0 Å². The second kappa shape index (κ2) is 4.21. The summed E-state index contributed by atoms with van der Waals surface area (Å²) < 4.78 is 4.93. The fourth-order valence-electron chi connectivity index (χ4n) is 1.11. The van der Waals surface area contributed by atoms with E-state index in [2.05, 4.69) is 5.10 Å². The molecule has 5 heteroatoms. The molecular formula is C9H14N2O3. The van der Waals surface area contributed by atoms with Crippen LogP contribution in [0.2, 0.25) is 0 Å². The van der Waals surface area contributed by atoms with Crippen molar-refractivity contribution in [2.45, 2.75) is 33.3 Å². The minimum Gasteiger partial charge on any atom is -0.458 e. The molecule has 78 valence electrons. The lowest BCUT2D eigenvalue weighted by Gasteiger charge is -2.06. The van der Waals surface area contributed by atoms with Crippen LogP contribution in [-0.2, 0) is 14.3 Å². The lowest BCUT2D eigenvalue weighted by atomic mass is 10.3. The largest absolute Gasteiger partial charge is 0.458 e. The molecule has 0 fully saturated rings. The van der Waals surface area contributed by atoms with E-state index in [-0.39, 0.29) is 24.1 Å². The van der Waals surface area contributed by atoms with E-state index in [1.165, 1.54) is 5.01 Å². The highest BCUT2D eigenvalue weighted by molar-refractivity contribution is 6.41. The molecule has 1 aliphatic rings. The van der Waals surface area contributed by atoms with Crippen LogP contribution in [0, 0.1) is 0 Å². The number of rotatable bonds is 3. The molecule has 0 radical (unpaired) electrons. The molecule has 5 nitrogen and oxygen atoms in total. The third-order valence-electron chi connectivity index (χ3n) is 1.73. The summed E-state index contributed by atoms with van der Waals surface area (Å²) in [6.45, 7) is 5.80. The van der Waals surface area contributed by atoms with Crippen LogP contribution in [-0.4, -0.2) is 35.2 Å². The summed E-state index contributed by atoms with van der Waals surface area (Å²) in [7, 11) is 0. The van der Waals surface area contributed by atoms with E-state index in [1.54, 1.807) is 20.8 Å². The summed E-state index contributed by atoms with van der Waals surface area (Å²) in [5.41, 5.74) is 0.200. The van der Waals surface area contributed by atoms with Crippen molar-refractivity contribution in [2.75, 3.05) is 6.54 Å². The van der Waals surface area contributed by atoms with Gasteiger partial charge in [0, 0.05) is 6.54 Å². The van der Waals surface area contributed by atoms with Crippen LogP contribution in [0.5, 0.6) is 0 Å². The van der Waals surface area contributed by atoms with E-state index in [0.717, 1.165) is 0 Å². The fraction of sp³-hybridized carbons (Fsp3) is 0.667. The molecule has 0 aromatic heterocycles. The summed E-state index contributed by atoms with van der Waals surface area (Å²) in [5, 5.41) is 5.14. The summed E-state index contributed by atoms with van der Waals surface area (Å²) in [5.74, 6) is -0.646. The Hall–Kier alpha value is -1.39. The first-order valence-corrected chi connectivity index (χ1v) is 4.63. The van der Waals surface area contributed by atoms with Crippen molar-refractivity contribution in [3.05, 3.63) is 0 Å². The highest BCUT2D eigenvalue weighted by atomic mass is 16.5. The molecule has 0 saturated carbocycles. The van der Waals surface area contributed by atoms with E-state index in [4.69, 9.17) is 4.74 Å². The van der Waals surface area contributed by atoms with Gasteiger partial charge in [-0.05, 0) is 20.8 Å². The van der Waals surface area contributed by atoms with Crippen LogP contribution in [0.25, 0.3) is 0 Å². The van der Waals surface area contributed by atoms with Gasteiger partial charge in [0.1, 0.15) is 0 Å². The number of ether oxygens (including phenoxy) is 1. The maximum absolute atomic E-state index is 11.3. The van der Waals surface area contributed by atoms with E-state index in [1.807, 2.05) is 0 Å². The monoisotopic (exact) mass is 198 g/mol. The first kappa shape index (κ1) is 10.7. The van der Waals surface area contributed by atoms with Gasteiger partial charge < -0.3 is 4.74 Å². The molecule has 0 aromatic rings. The minimum atomic E-state index is -0.496. The van der Waals surface area contributed by atoms with E-state index in [0.29, 0.717) is 6.54 Å². The maximum Gasteiger partial charge on any atom is 0.355 e. The van der Waals surface area contributed by atoms with Crippen molar-refractivity contribution >= 4 is 17.6 Å². The molecule has 1 aliphatic heterocycles. The van der Waals surface area contributed by atoms with Gasteiger partial charge in [-0.2, -0.15) is 5.10 Å². The van der Waals surface area contributed by atoms with Gasteiger partial charge in [0.2, 0.25) is 5.91 Å². The summed E-state index contributed by atoms with van der Waals surface area (Å²) in [6, 6.07) is 0. The zero-order chi connectivity index (χ0) is 10.7. The maximum atomic E-state index is 11.3. The van der Waals surface area contributed by atoms with Gasteiger partial charge in [0.15, 0.2) is 5.71 Å². The van der Waals surface area contributed by atoms with Crippen molar-refractivity contribution in [1.29, 1.82) is 0 Å². The molecule has 1 rings (SSSR count). The van der Waals surface area contributed by atoms with Gasteiger partial charge in [-0.15, -0.1) is 0 Å². The first-order valence-electron chi connectivity index (χ1n) is 4.63. The number of nitrogens with zero attached hydrogens (tertiary/aromatic N) is 2. The van der Waals surface area contributed by atoms with E-state index < -0.39 is 5.97 Å². The van der Waals surface area contributed by atoms with E-state index in [9.17, 15) is 9.59 Å². The number of hydrogen-bond acceptors (Lipinski definition) is 4. The SMILES string of the molecule is CCN1N=C(C(=O)OC(C)C)CC1=O. The third kappa shape index (κ3) is 2.31. The average Bonchev–Trinajstić information content (AvgIpc) is 2.45. The summed E-state index contributed by atoms with van der Waals surface area (Å²) >= 11 is 0. The smallest absolute Gasteiger partial charge is 0.355 e. The first-order chi connectivity index (χ1) is 6.54. The molecular weight excluding hydrogens is 184 g/mol. The second-order valence-corrected chi connectivity index (χ2v) is 3.29. The molecule has 0 aromatic carbocycles. The Labute approximate surface area is 82.7 Å². The lowest BCUT2D eigenvalue weighted by molar-refractivity contribution is -0.139. The van der Waals surface area contributed by atoms with Crippen molar-refractivity contribution < 1.29 is 14.3 Å². The fourth-order valence-corrected chi connectivity index (χ4v) is 1.11. The average molecular weight is 198 g/mol. The van der Waals surface area contributed by atoms with Gasteiger partial charge in [0.25, 0.3) is 0 Å². The third-order valence-corrected chi connectivity index (χ3v) is 1.73. The van der Waals surface area contributed by atoms with Crippen LogP contribution < -0.4 is 0 Å². The molecule has 0 spiro atoms. The van der Waals surface area contributed by atoms with Crippen LogP contribution >= 0.6 is 0 Å². The normalized spacial score (nSPS) is 16.1. The Balaban J connectivity index is 2.62. The van der Waals surface area contributed by atoms with Crippen molar-refractivity contribution in [1.82, 2.24) is 5.01 Å². The van der Waals surface area contributed by atoms with Crippen LogP contribution in [0.4, 0.5) is 0 Å². The number of amides is 1. The number of hydrogen-bond donors (Lipinski definition) is 0. The van der Waals surface area contributed by atoms with E-state index >= 15 is 0 Å². The molecule has 0 aliphatic carbocycles. The molecule has 14 heavy (non-hydrogen) atoms. The Morgan fingerprint density at radius 1 is 1.64 bits per heavy atom. The number of carbonyl (C=O) groups excluding carboxylic acids is 2. The van der Waals surface area contributed by atoms with Crippen LogP contribution in [0.1, 0.15) is 27.2 Å². The molecule has 0 bridgehead atoms. The summed E-state index contributed by atoms with van der Waals surface area (Å²) in [6.07, 6.45) is -0.129. The molecule has 0 unspecified atom stereocenters. The zero-order valence-electron chi connectivity index (χ0n) is 8.61. The highest BCUT2D eigenvalue weighted by Crippen LogP contribution is 2.09. The Bertz CT molecular complexity index is 284. The molecule has 0 N–H and O–H groups in total. The minimum absolute atomic E-state index is 0.0550. The quantitative estimate of drug-likeness (QED) is 0.622. The molecule has 0 atom stereocenters. The highest BCUT2D eigenvalue weighted by Gasteiger charge is 2.28.